The van der Waals surface area contributed by atoms with E-state index in [2.05, 4.69) is 26.5 Å². The number of nitrogen functional groups attached to an aromatic ring is 1. The molecule has 6 rings (SSSR count). The zero-order valence-corrected chi connectivity index (χ0v) is 30.2. The molecule has 258 valence electrons. The van der Waals surface area contributed by atoms with Crippen LogP contribution in [0.5, 0.6) is 0 Å². The number of nitrogens with zero attached hydrogens (tertiary/aromatic N) is 1. The van der Waals surface area contributed by atoms with E-state index in [0.717, 1.165) is 18.2 Å². The van der Waals surface area contributed by atoms with Crippen LogP contribution in [-0.4, -0.2) is 48.0 Å². The van der Waals surface area contributed by atoms with Gasteiger partial charge in [-0.15, -0.1) is 0 Å². The van der Waals surface area contributed by atoms with Gasteiger partial charge in [-0.1, -0.05) is 24.3 Å². The summed E-state index contributed by atoms with van der Waals surface area (Å²) in [5, 5.41) is 23.3. The first-order valence-corrected chi connectivity index (χ1v) is 15.9. The summed E-state index contributed by atoms with van der Waals surface area (Å²) in [6.45, 7) is 0. The molecule has 0 saturated heterocycles. The SMILES string of the molecule is Nc1c(S(=O)(=O)[O-])cc(Nc2ccc(NC(=O)Nc3ccc(N/N=C4/C=CC(=O)C(C(=O)[O-])=C4)cc3)cc2)c2c1C(=O)c1ccccc1C2=O.[NH4+].[Na+]. The molecule has 10 N–H and O–H groups in total. The van der Waals surface area contributed by atoms with E-state index in [1.54, 1.807) is 36.4 Å². The number of hydrazone groups is 1. The average Bonchev–Trinajstić information content (AvgIpc) is 3.08. The fraction of sp³-hybridized carbons (Fsp3) is 0. The van der Waals surface area contributed by atoms with Crippen LogP contribution in [0, 0.1) is 0 Å². The largest absolute Gasteiger partial charge is 1.00 e. The molecule has 2 aliphatic carbocycles. The quantitative estimate of drug-likeness (QED) is 0.0314. The summed E-state index contributed by atoms with van der Waals surface area (Å²) >= 11 is 0. The number of quaternary nitrogens is 1. The second kappa shape index (κ2) is 15.5. The van der Waals surface area contributed by atoms with Crippen molar-refractivity contribution < 1.29 is 71.6 Å². The minimum absolute atomic E-state index is 0. The van der Waals surface area contributed by atoms with E-state index < -0.39 is 55.6 Å². The van der Waals surface area contributed by atoms with E-state index in [0.29, 0.717) is 22.7 Å². The molecule has 2 aliphatic rings. The summed E-state index contributed by atoms with van der Waals surface area (Å²) in [5.41, 5.74) is 8.79. The van der Waals surface area contributed by atoms with E-state index in [1.165, 1.54) is 42.5 Å². The van der Waals surface area contributed by atoms with Gasteiger partial charge in [0.1, 0.15) is 10.1 Å². The second-order valence-electron chi connectivity index (χ2n) is 10.8. The van der Waals surface area contributed by atoms with Crippen LogP contribution in [0.2, 0.25) is 0 Å². The number of benzene rings is 4. The minimum atomic E-state index is -5.14. The molecule has 0 saturated carbocycles. The molecule has 18 heteroatoms. The number of nitrogens with two attached hydrogens (primary N) is 1. The number of carboxylic acids is 1. The monoisotopic (exact) mass is 731 g/mol. The Labute approximate surface area is 317 Å². The van der Waals surface area contributed by atoms with Crippen LogP contribution in [0.15, 0.2) is 113 Å². The van der Waals surface area contributed by atoms with Gasteiger partial charge in [0.15, 0.2) is 17.3 Å². The van der Waals surface area contributed by atoms with Crippen molar-refractivity contribution in [3.8, 4) is 0 Å². The molecule has 0 radical (unpaired) electrons. The van der Waals surface area contributed by atoms with Crippen molar-refractivity contribution in [2.45, 2.75) is 4.90 Å². The van der Waals surface area contributed by atoms with Gasteiger partial charge in [-0.2, -0.15) is 5.10 Å². The van der Waals surface area contributed by atoms with Gasteiger partial charge >= 0.3 is 35.6 Å². The Hall–Kier alpha value is -5.95. The van der Waals surface area contributed by atoms with Crippen molar-refractivity contribution in [2.24, 2.45) is 5.10 Å². The zero-order chi connectivity index (χ0) is 35.7. The zero-order valence-electron chi connectivity index (χ0n) is 27.3. The molecule has 0 fully saturated rings. The first-order chi connectivity index (χ1) is 23.8. The standard InChI is InChI=1S/C34H24N6O9S.H3N.Na/c35-30-27(50(47,48)49)16-25(28-29(30)32(43)23-4-2-1-3-22(23)31(28)42)36-17-5-7-18(8-6-17)37-34(46)38-19-9-11-20(12-10-19)39-40-21-13-14-26(41)24(15-21)33(44)45;;/h1-16,36,39H,35H2,(H,44,45)(H2,37,38,46)(H,47,48,49);1H3;/q;;+1/p-1/b40-21-;;. The summed E-state index contributed by atoms with van der Waals surface area (Å²) < 4.78 is 36.2. The Kier molecular flexibility index (Phi) is 11.6. The predicted molar refractivity (Wildman–Crippen MR) is 185 cm³/mol. The molecule has 0 heterocycles. The van der Waals surface area contributed by atoms with Gasteiger partial charge in [-0.25, -0.2) is 13.2 Å². The average molecular weight is 732 g/mol. The number of hydrogen-bond donors (Lipinski definition) is 6. The summed E-state index contributed by atoms with van der Waals surface area (Å²) in [7, 11) is -5.14. The van der Waals surface area contributed by atoms with Crippen molar-refractivity contribution in [1.82, 2.24) is 6.15 Å². The van der Waals surface area contributed by atoms with Crippen molar-refractivity contribution >= 4 is 79.3 Å². The van der Waals surface area contributed by atoms with Gasteiger partial charge in [0, 0.05) is 33.8 Å². The van der Waals surface area contributed by atoms with E-state index in [-0.39, 0.29) is 69.4 Å². The number of amides is 2. The number of fused-ring (bicyclic) bond motifs is 2. The number of hydrogen-bond acceptors (Lipinski definition) is 13. The predicted octanol–water partition coefficient (Wildman–Crippen LogP) is 0.299. The van der Waals surface area contributed by atoms with Gasteiger partial charge in [-0.3, -0.25) is 19.8 Å². The second-order valence-corrected chi connectivity index (χ2v) is 12.1. The molecule has 0 bridgehead atoms. The smallest absolute Gasteiger partial charge is 0.744 e. The van der Waals surface area contributed by atoms with E-state index >= 15 is 0 Å². The number of carboxylic acid groups (broad SMARTS) is 1. The number of ketones is 3. The molecular formula is C34H26N7NaO9S. The van der Waals surface area contributed by atoms with Crippen LogP contribution in [-0.2, 0) is 19.7 Å². The third-order valence-electron chi connectivity index (χ3n) is 7.53. The Morgan fingerprint density at radius 2 is 1.27 bits per heavy atom. The van der Waals surface area contributed by atoms with Crippen LogP contribution >= 0.6 is 0 Å². The molecule has 4 aromatic carbocycles. The van der Waals surface area contributed by atoms with E-state index in [1.807, 2.05) is 0 Å². The molecule has 2 amide bonds. The van der Waals surface area contributed by atoms with Crippen LogP contribution < -0.4 is 67.9 Å². The number of allylic oxidation sites excluding steroid dienone is 3. The first-order valence-electron chi connectivity index (χ1n) is 14.5. The molecule has 0 aromatic heterocycles. The first kappa shape index (κ1) is 38.8. The number of anilines is 6. The van der Waals surface area contributed by atoms with E-state index in [9.17, 15) is 42.0 Å². The van der Waals surface area contributed by atoms with Gasteiger partial charge < -0.3 is 42.3 Å². The summed E-state index contributed by atoms with van der Waals surface area (Å²) in [4.78, 5) is 61.2. The normalized spacial score (nSPS) is 13.8. The third kappa shape index (κ3) is 8.00. The fourth-order valence-corrected chi connectivity index (χ4v) is 5.82. The number of carbonyl (C=O) groups is 5. The maximum Gasteiger partial charge on any atom is 1.00 e. The maximum atomic E-state index is 13.5. The number of nitrogens with one attached hydrogen (secondary N) is 4. The van der Waals surface area contributed by atoms with Crippen LogP contribution in [0.25, 0.3) is 0 Å². The molecule has 0 spiro atoms. The maximum absolute atomic E-state index is 13.5. The molecular weight excluding hydrogens is 705 g/mol. The Morgan fingerprint density at radius 1 is 0.750 bits per heavy atom. The van der Waals surface area contributed by atoms with Crippen molar-refractivity contribution in [3.05, 3.63) is 125 Å². The van der Waals surface area contributed by atoms with Crippen molar-refractivity contribution in [2.75, 3.05) is 27.1 Å². The van der Waals surface area contributed by atoms with Gasteiger partial charge in [0.25, 0.3) is 0 Å². The molecule has 16 nitrogen and oxygen atoms in total. The van der Waals surface area contributed by atoms with Gasteiger partial charge in [0.05, 0.1) is 44.8 Å². The number of urea groups is 1. The summed E-state index contributed by atoms with van der Waals surface area (Å²) in [5.74, 6) is -3.59. The third-order valence-corrected chi connectivity index (χ3v) is 8.41. The Morgan fingerprint density at radius 3 is 1.81 bits per heavy atom. The van der Waals surface area contributed by atoms with Crippen molar-refractivity contribution in [3.63, 3.8) is 0 Å². The molecule has 0 aliphatic heterocycles. The fourth-order valence-electron chi connectivity index (χ4n) is 5.19. The number of rotatable bonds is 8. The van der Waals surface area contributed by atoms with Gasteiger partial charge in [-0.05, 0) is 72.8 Å². The number of aliphatic carboxylic acids is 1. The van der Waals surface area contributed by atoms with Crippen molar-refractivity contribution in [1.29, 1.82) is 0 Å². The topological polar surface area (TPSA) is 289 Å². The molecule has 52 heavy (non-hydrogen) atoms. The molecule has 0 atom stereocenters. The summed E-state index contributed by atoms with van der Waals surface area (Å²) in [6, 6.07) is 18.7. The molecule has 4 aromatic rings. The summed E-state index contributed by atoms with van der Waals surface area (Å²) in [6.07, 6.45) is 3.49. The van der Waals surface area contributed by atoms with Crippen LogP contribution in [0.3, 0.4) is 0 Å². The Balaban J connectivity index is 0.00000302. The molecule has 0 unspecified atom stereocenters. The Bertz CT molecular complexity index is 2360. The van der Waals surface area contributed by atoms with Crippen LogP contribution in [0.4, 0.5) is 38.9 Å². The minimum Gasteiger partial charge on any atom is -0.744 e. The van der Waals surface area contributed by atoms with Crippen LogP contribution in [0.1, 0.15) is 31.8 Å². The van der Waals surface area contributed by atoms with Gasteiger partial charge in [0.2, 0.25) is 0 Å². The van der Waals surface area contributed by atoms with E-state index in [4.69, 9.17) is 5.73 Å². The number of carbonyl (C=O) groups excluding carboxylic acids is 5.